The summed E-state index contributed by atoms with van der Waals surface area (Å²) in [4.78, 5) is 24.0. The average Bonchev–Trinajstić information content (AvgIpc) is 2.40. The van der Waals surface area contributed by atoms with Gasteiger partial charge in [-0.05, 0) is 31.2 Å². The number of benzene rings is 1. The number of methoxy groups -OCH3 is 1. The van der Waals surface area contributed by atoms with Crippen molar-refractivity contribution in [1.29, 1.82) is 5.26 Å². The predicted octanol–water partition coefficient (Wildman–Crippen LogP) is 1.81. The van der Waals surface area contributed by atoms with Crippen LogP contribution in [0, 0.1) is 17.2 Å². The monoisotopic (exact) mass is 294 g/mol. The zero-order chi connectivity index (χ0) is 15.1. The van der Waals surface area contributed by atoms with Crippen molar-refractivity contribution in [2.24, 2.45) is 5.92 Å². The van der Waals surface area contributed by atoms with Gasteiger partial charge in [-0.15, -0.1) is 0 Å². The molecular formula is C14H15ClN2O3. The molecule has 0 unspecified atom stereocenters. The summed E-state index contributed by atoms with van der Waals surface area (Å²) >= 11 is 5.73. The second-order valence-electron chi connectivity index (χ2n) is 4.30. The first kappa shape index (κ1) is 16.2. The highest BCUT2D eigenvalue weighted by Gasteiger charge is 2.28. The molecule has 1 aromatic rings. The molecule has 0 bridgehead atoms. The Morgan fingerprint density at radius 3 is 2.50 bits per heavy atom. The zero-order valence-electron chi connectivity index (χ0n) is 11.2. The van der Waals surface area contributed by atoms with Crippen molar-refractivity contribution in [3.63, 3.8) is 0 Å². The lowest BCUT2D eigenvalue weighted by Gasteiger charge is -2.15. The number of amides is 1. The fourth-order valence-corrected chi connectivity index (χ4v) is 1.76. The van der Waals surface area contributed by atoms with E-state index in [4.69, 9.17) is 21.6 Å². The van der Waals surface area contributed by atoms with Crippen LogP contribution in [-0.4, -0.2) is 31.4 Å². The van der Waals surface area contributed by atoms with Crippen LogP contribution in [-0.2, 0) is 9.53 Å². The molecule has 1 N–H and O–H groups in total. The number of halogens is 1. The van der Waals surface area contributed by atoms with Crippen LogP contribution in [0.1, 0.15) is 17.3 Å². The van der Waals surface area contributed by atoms with E-state index in [1.54, 1.807) is 13.0 Å². The van der Waals surface area contributed by atoms with Gasteiger partial charge in [0.05, 0.1) is 12.7 Å². The number of hydrogen-bond donors (Lipinski definition) is 1. The lowest BCUT2D eigenvalue weighted by atomic mass is 9.98. The summed E-state index contributed by atoms with van der Waals surface area (Å²) in [6.07, 6.45) is 0. The van der Waals surface area contributed by atoms with Gasteiger partial charge in [-0.25, -0.2) is 0 Å². The number of hydrogen-bond acceptors (Lipinski definition) is 4. The Labute approximate surface area is 122 Å². The first-order valence-corrected chi connectivity index (χ1v) is 6.36. The number of carbonyl (C=O) groups excluding carboxylic acids is 2. The third-order valence-corrected chi connectivity index (χ3v) is 2.84. The molecule has 1 rings (SSSR count). The molecule has 0 heterocycles. The molecular weight excluding hydrogens is 280 g/mol. The molecule has 6 heteroatoms. The van der Waals surface area contributed by atoms with E-state index >= 15 is 0 Å². The third kappa shape index (κ3) is 4.34. The zero-order valence-corrected chi connectivity index (χ0v) is 12.0. The molecule has 1 aromatic carbocycles. The van der Waals surface area contributed by atoms with Gasteiger partial charge in [-0.2, -0.15) is 5.26 Å². The van der Waals surface area contributed by atoms with Crippen molar-refractivity contribution >= 4 is 23.3 Å². The summed E-state index contributed by atoms with van der Waals surface area (Å²) in [5.41, 5.74) is 0.274. The summed E-state index contributed by atoms with van der Waals surface area (Å²) in [6.45, 7) is 2.03. The number of ether oxygens (including phenoxy) is 1. The van der Waals surface area contributed by atoms with Crippen molar-refractivity contribution < 1.29 is 14.3 Å². The van der Waals surface area contributed by atoms with Crippen molar-refractivity contribution in [2.75, 3.05) is 13.7 Å². The summed E-state index contributed by atoms with van der Waals surface area (Å²) in [5.74, 6) is -2.56. The number of nitrogens with zero attached hydrogens (tertiary/aromatic N) is 1. The number of ketones is 1. The Bertz CT molecular complexity index is 522. The van der Waals surface area contributed by atoms with Gasteiger partial charge in [0.1, 0.15) is 0 Å². The number of Topliss-reactive ketones (excluding diaryl/α,β-unsaturated/α-hetero) is 1. The maximum absolute atomic E-state index is 12.1. The molecule has 0 aromatic heterocycles. The van der Waals surface area contributed by atoms with Crippen molar-refractivity contribution in [3.05, 3.63) is 34.9 Å². The molecule has 2 atom stereocenters. The van der Waals surface area contributed by atoms with E-state index < -0.39 is 17.6 Å². The molecule has 20 heavy (non-hydrogen) atoms. The Balaban J connectivity index is 2.80. The smallest absolute Gasteiger partial charge is 0.245 e. The topological polar surface area (TPSA) is 79.2 Å². The maximum atomic E-state index is 12.1. The molecule has 0 aliphatic carbocycles. The number of carbonyl (C=O) groups is 2. The molecule has 0 fully saturated rings. The van der Waals surface area contributed by atoms with Crippen LogP contribution in [0.25, 0.3) is 0 Å². The van der Waals surface area contributed by atoms with E-state index in [1.165, 1.54) is 31.4 Å². The molecule has 106 valence electrons. The normalized spacial score (nSPS) is 13.1. The summed E-state index contributed by atoms with van der Waals surface area (Å²) in [6, 6.07) is 7.50. The standard InChI is InChI=1S/C14H15ClN2O3/c1-9(8-20-2)17-14(19)12(7-16)13(18)10-3-5-11(15)6-4-10/h3-6,9,12H,8H2,1-2H3,(H,17,19)/t9-,12+/m1/s1. The maximum Gasteiger partial charge on any atom is 0.245 e. The Morgan fingerprint density at radius 2 is 2.00 bits per heavy atom. The van der Waals surface area contributed by atoms with Gasteiger partial charge in [-0.3, -0.25) is 9.59 Å². The van der Waals surface area contributed by atoms with Crippen LogP contribution in [0.15, 0.2) is 24.3 Å². The van der Waals surface area contributed by atoms with Crippen LogP contribution in [0.3, 0.4) is 0 Å². The van der Waals surface area contributed by atoms with E-state index in [2.05, 4.69) is 5.32 Å². The molecule has 5 nitrogen and oxygen atoms in total. The molecule has 0 aliphatic heterocycles. The summed E-state index contributed by atoms with van der Waals surface area (Å²) in [7, 11) is 1.50. The van der Waals surface area contributed by atoms with Crippen molar-refractivity contribution in [2.45, 2.75) is 13.0 Å². The van der Waals surface area contributed by atoms with Gasteiger partial charge >= 0.3 is 0 Å². The fraction of sp³-hybridized carbons (Fsp3) is 0.357. The first-order chi connectivity index (χ1) is 9.49. The largest absolute Gasteiger partial charge is 0.383 e. The summed E-state index contributed by atoms with van der Waals surface area (Å²) < 4.78 is 4.88. The second kappa shape index (κ2) is 7.63. The molecule has 0 saturated heterocycles. The van der Waals surface area contributed by atoms with Crippen molar-refractivity contribution in [1.82, 2.24) is 5.32 Å². The van der Waals surface area contributed by atoms with Crippen LogP contribution >= 0.6 is 11.6 Å². The van der Waals surface area contributed by atoms with Gasteiger partial charge < -0.3 is 10.1 Å². The Kier molecular flexibility index (Phi) is 6.16. The van der Waals surface area contributed by atoms with Gasteiger partial charge in [0.2, 0.25) is 5.91 Å². The van der Waals surface area contributed by atoms with E-state index in [9.17, 15) is 9.59 Å². The second-order valence-corrected chi connectivity index (χ2v) is 4.73. The average molecular weight is 295 g/mol. The van der Waals surface area contributed by atoms with E-state index in [1.807, 2.05) is 0 Å². The van der Waals surface area contributed by atoms with Gasteiger partial charge in [0.15, 0.2) is 11.7 Å². The summed E-state index contributed by atoms with van der Waals surface area (Å²) in [5, 5.41) is 12.1. The SMILES string of the molecule is COC[C@@H](C)NC(=O)[C@@H](C#N)C(=O)c1ccc(Cl)cc1. The lowest BCUT2D eigenvalue weighted by molar-refractivity contribution is -0.123. The fourth-order valence-electron chi connectivity index (χ4n) is 1.63. The van der Waals surface area contributed by atoms with Crippen LogP contribution in [0.5, 0.6) is 0 Å². The minimum atomic E-state index is -1.38. The quantitative estimate of drug-likeness (QED) is 0.641. The Morgan fingerprint density at radius 1 is 1.40 bits per heavy atom. The highest BCUT2D eigenvalue weighted by Crippen LogP contribution is 2.13. The van der Waals surface area contributed by atoms with E-state index in [-0.39, 0.29) is 11.6 Å². The lowest BCUT2D eigenvalue weighted by Crippen LogP contribution is -2.41. The molecule has 0 radical (unpaired) electrons. The first-order valence-electron chi connectivity index (χ1n) is 5.98. The van der Waals surface area contributed by atoms with Crippen molar-refractivity contribution in [3.8, 4) is 6.07 Å². The highest BCUT2D eigenvalue weighted by molar-refractivity contribution is 6.30. The minimum Gasteiger partial charge on any atom is -0.383 e. The van der Waals surface area contributed by atoms with E-state index in [0.717, 1.165) is 0 Å². The van der Waals surface area contributed by atoms with Gasteiger partial charge in [0, 0.05) is 23.7 Å². The number of nitrogens with one attached hydrogen (secondary N) is 1. The van der Waals surface area contributed by atoms with Crippen LogP contribution in [0.4, 0.5) is 0 Å². The Hall–Kier alpha value is -1.90. The van der Waals surface area contributed by atoms with E-state index in [0.29, 0.717) is 11.6 Å². The number of rotatable bonds is 6. The number of nitriles is 1. The molecule has 1 amide bonds. The van der Waals surface area contributed by atoms with Crippen LogP contribution in [0.2, 0.25) is 5.02 Å². The highest BCUT2D eigenvalue weighted by atomic mass is 35.5. The van der Waals surface area contributed by atoms with Gasteiger partial charge in [0.25, 0.3) is 0 Å². The molecule has 0 saturated carbocycles. The van der Waals surface area contributed by atoms with Crippen LogP contribution < -0.4 is 5.32 Å². The molecule has 0 spiro atoms. The predicted molar refractivity (Wildman–Crippen MR) is 74.4 cm³/mol. The minimum absolute atomic E-state index is 0.274. The molecule has 0 aliphatic rings. The van der Waals surface area contributed by atoms with Gasteiger partial charge in [-0.1, -0.05) is 11.6 Å². The third-order valence-electron chi connectivity index (χ3n) is 2.59.